The zero-order valence-corrected chi connectivity index (χ0v) is 23.6. The average molecular weight is 553 g/mol. The van der Waals surface area contributed by atoms with E-state index in [0.717, 1.165) is 11.1 Å². The Morgan fingerprint density at radius 3 is 2.51 bits per heavy atom. The van der Waals surface area contributed by atoms with Gasteiger partial charge >= 0.3 is 0 Å². The summed E-state index contributed by atoms with van der Waals surface area (Å²) in [4.78, 5) is 21.7. The van der Waals surface area contributed by atoms with Gasteiger partial charge in [0.1, 0.15) is 11.9 Å². The van der Waals surface area contributed by atoms with E-state index in [1.165, 1.54) is 6.07 Å². The molecule has 0 saturated heterocycles. The number of aromatic nitrogens is 1. The summed E-state index contributed by atoms with van der Waals surface area (Å²) in [7, 11) is -1.84. The maximum absolute atomic E-state index is 13.7. The van der Waals surface area contributed by atoms with Gasteiger partial charge < -0.3 is 14.7 Å². The van der Waals surface area contributed by atoms with Crippen molar-refractivity contribution in [1.29, 1.82) is 0 Å². The van der Waals surface area contributed by atoms with Crippen molar-refractivity contribution >= 4 is 21.6 Å². The number of aliphatic hydroxyl groups excluding tert-OH is 1. The highest BCUT2D eigenvalue weighted by atomic mass is 32.2. The first-order valence-corrected chi connectivity index (χ1v) is 14.4. The number of fused-ring (bicyclic) bond motifs is 1. The molecule has 0 bridgehead atoms. The second-order valence-corrected chi connectivity index (χ2v) is 12.0. The SMILES string of the molecule is Cc1ccc(S(=O)(=O)Nc2ccc3c(c2)C(=O)N([C@@H](C)CO)C[C@H](C)[C@H](CN(C)Cc2ccncc2)O3)cc1. The first kappa shape index (κ1) is 28.5. The lowest BCUT2D eigenvalue weighted by molar-refractivity contribution is 0.0341. The summed E-state index contributed by atoms with van der Waals surface area (Å²) in [6.07, 6.45) is 3.27. The number of carbonyl (C=O) groups excluding carboxylic acids is 1. The molecule has 4 rings (SSSR count). The van der Waals surface area contributed by atoms with Crippen molar-refractivity contribution in [3.05, 3.63) is 83.7 Å². The molecule has 0 saturated carbocycles. The summed E-state index contributed by atoms with van der Waals surface area (Å²) in [6.45, 7) is 7.20. The molecule has 3 aromatic rings. The summed E-state index contributed by atoms with van der Waals surface area (Å²) in [5, 5.41) is 9.90. The molecule has 10 heteroatoms. The van der Waals surface area contributed by atoms with E-state index in [2.05, 4.69) is 14.6 Å². The van der Waals surface area contributed by atoms with Crippen molar-refractivity contribution < 1.29 is 23.1 Å². The summed E-state index contributed by atoms with van der Waals surface area (Å²) < 4.78 is 35.0. The Hall–Kier alpha value is -3.47. The molecule has 39 heavy (non-hydrogen) atoms. The topological polar surface area (TPSA) is 112 Å². The van der Waals surface area contributed by atoms with Crippen LogP contribution in [0.25, 0.3) is 0 Å². The maximum atomic E-state index is 13.7. The highest BCUT2D eigenvalue weighted by Gasteiger charge is 2.33. The van der Waals surface area contributed by atoms with E-state index in [4.69, 9.17) is 4.74 Å². The molecule has 0 radical (unpaired) electrons. The van der Waals surface area contributed by atoms with Gasteiger partial charge in [-0.05, 0) is 68.9 Å². The third-order valence-electron chi connectivity index (χ3n) is 6.94. The van der Waals surface area contributed by atoms with Gasteiger partial charge in [0, 0.05) is 43.6 Å². The summed E-state index contributed by atoms with van der Waals surface area (Å²) in [6, 6.07) is 14.8. The van der Waals surface area contributed by atoms with Crippen LogP contribution in [-0.2, 0) is 16.6 Å². The van der Waals surface area contributed by atoms with E-state index in [0.29, 0.717) is 25.4 Å². The Balaban J connectivity index is 1.63. The highest BCUT2D eigenvalue weighted by molar-refractivity contribution is 7.92. The van der Waals surface area contributed by atoms with E-state index in [-0.39, 0.29) is 40.7 Å². The van der Waals surface area contributed by atoms with Crippen molar-refractivity contribution in [3.63, 3.8) is 0 Å². The molecule has 3 atom stereocenters. The fourth-order valence-corrected chi connectivity index (χ4v) is 5.66. The van der Waals surface area contributed by atoms with Gasteiger partial charge in [-0.3, -0.25) is 19.4 Å². The normalized spacial score (nSPS) is 18.6. The van der Waals surface area contributed by atoms with Crippen molar-refractivity contribution in [2.75, 3.05) is 31.5 Å². The molecule has 0 aliphatic carbocycles. The molecule has 1 aliphatic heterocycles. The smallest absolute Gasteiger partial charge is 0.261 e. The molecule has 0 fully saturated rings. The molecule has 1 amide bonds. The predicted octanol–water partition coefficient (Wildman–Crippen LogP) is 3.54. The number of benzene rings is 2. The van der Waals surface area contributed by atoms with E-state index < -0.39 is 16.1 Å². The van der Waals surface area contributed by atoms with Crippen LogP contribution in [-0.4, -0.2) is 73.1 Å². The quantitative estimate of drug-likeness (QED) is 0.418. The van der Waals surface area contributed by atoms with Crippen molar-refractivity contribution in [1.82, 2.24) is 14.8 Å². The lowest BCUT2D eigenvalue weighted by Gasteiger charge is -2.38. The monoisotopic (exact) mass is 552 g/mol. The van der Waals surface area contributed by atoms with Gasteiger partial charge in [-0.15, -0.1) is 0 Å². The molecule has 1 aromatic heterocycles. The fourth-order valence-electron chi connectivity index (χ4n) is 4.61. The zero-order chi connectivity index (χ0) is 28.2. The van der Waals surface area contributed by atoms with E-state index in [9.17, 15) is 18.3 Å². The van der Waals surface area contributed by atoms with Gasteiger partial charge in [-0.2, -0.15) is 0 Å². The number of aliphatic hydroxyl groups is 1. The maximum Gasteiger partial charge on any atom is 0.261 e. The summed E-state index contributed by atoms with van der Waals surface area (Å²) in [5.41, 5.74) is 2.57. The van der Waals surface area contributed by atoms with Crippen LogP contribution in [0.1, 0.15) is 35.3 Å². The number of likely N-dealkylation sites (N-methyl/N-ethyl adjacent to an activating group) is 1. The van der Waals surface area contributed by atoms with Gasteiger partial charge in [0.25, 0.3) is 15.9 Å². The molecule has 2 aromatic carbocycles. The largest absolute Gasteiger partial charge is 0.488 e. The minimum Gasteiger partial charge on any atom is -0.488 e. The van der Waals surface area contributed by atoms with Crippen LogP contribution in [0.4, 0.5) is 5.69 Å². The minimum absolute atomic E-state index is 0.0318. The summed E-state index contributed by atoms with van der Waals surface area (Å²) >= 11 is 0. The third-order valence-corrected chi connectivity index (χ3v) is 8.34. The van der Waals surface area contributed by atoms with Crippen LogP contribution < -0.4 is 9.46 Å². The second-order valence-electron chi connectivity index (χ2n) is 10.3. The minimum atomic E-state index is -3.86. The molecule has 1 aliphatic rings. The number of hydrogen-bond donors (Lipinski definition) is 2. The van der Waals surface area contributed by atoms with Crippen molar-refractivity contribution in [2.24, 2.45) is 5.92 Å². The number of ether oxygens (including phenoxy) is 1. The zero-order valence-electron chi connectivity index (χ0n) is 22.7. The fraction of sp³-hybridized carbons (Fsp3) is 0.379. The Morgan fingerprint density at radius 1 is 1.15 bits per heavy atom. The number of carbonyl (C=O) groups is 1. The Kier molecular flexibility index (Phi) is 8.89. The van der Waals surface area contributed by atoms with Crippen molar-refractivity contribution in [3.8, 4) is 5.75 Å². The number of pyridine rings is 1. The third kappa shape index (κ3) is 6.95. The van der Waals surface area contributed by atoms with Crippen LogP contribution in [0.5, 0.6) is 5.75 Å². The van der Waals surface area contributed by atoms with Gasteiger partial charge in [0.05, 0.1) is 23.1 Å². The molecule has 2 N–H and O–H groups in total. The number of hydrogen-bond acceptors (Lipinski definition) is 7. The first-order valence-electron chi connectivity index (χ1n) is 13.0. The van der Waals surface area contributed by atoms with Gasteiger partial charge in [-0.25, -0.2) is 8.42 Å². The summed E-state index contributed by atoms with van der Waals surface area (Å²) in [5.74, 6) is 0.0244. The van der Waals surface area contributed by atoms with Crippen molar-refractivity contribution in [2.45, 2.75) is 44.4 Å². The molecule has 2 heterocycles. The van der Waals surface area contributed by atoms with E-state index in [1.807, 2.05) is 33.0 Å². The lowest BCUT2D eigenvalue weighted by Crippen LogP contribution is -2.49. The van der Waals surface area contributed by atoms with Crippen LogP contribution >= 0.6 is 0 Å². The Morgan fingerprint density at radius 2 is 1.85 bits per heavy atom. The number of sulfonamides is 1. The highest BCUT2D eigenvalue weighted by Crippen LogP contribution is 2.31. The number of aryl methyl sites for hydroxylation is 1. The number of amides is 1. The molecule has 0 spiro atoms. The second kappa shape index (κ2) is 12.1. The molecule has 208 valence electrons. The molecule has 9 nitrogen and oxygen atoms in total. The number of anilines is 1. The number of nitrogens with zero attached hydrogens (tertiary/aromatic N) is 3. The van der Waals surface area contributed by atoms with Gasteiger partial charge in [0.2, 0.25) is 0 Å². The van der Waals surface area contributed by atoms with Crippen LogP contribution in [0, 0.1) is 12.8 Å². The molecular weight excluding hydrogens is 516 g/mol. The average Bonchev–Trinajstić information content (AvgIpc) is 2.91. The predicted molar refractivity (Wildman–Crippen MR) is 150 cm³/mol. The number of nitrogens with one attached hydrogen (secondary N) is 1. The van der Waals surface area contributed by atoms with Crippen LogP contribution in [0.15, 0.2) is 71.9 Å². The first-order chi connectivity index (χ1) is 18.6. The molecule has 0 unspecified atom stereocenters. The standard InChI is InChI=1S/C29H36N4O5S/c1-20-5-8-25(9-6-20)39(36,37)31-24-7-10-27-26(15-24)29(35)33(22(3)19-34)16-21(2)28(38-27)18-32(4)17-23-11-13-30-14-12-23/h5-15,21-22,28,31,34H,16-19H2,1-4H3/t21-,22-,28-/m0/s1. The van der Waals surface area contributed by atoms with E-state index in [1.54, 1.807) is 60.6 Å². The van der Waals surface area contributed by atoms with Crippen LogP contribution in [0.2, 0.25) is 0 Å². The van der Waals surface area contributed by atoms with Crippen LogP contribution in [0.3, 0.4) is 0 Å². The Labute approximate surface area is 230 Å². The number of rotatable bonds is 9. The van der Waals surface area contributed by atoms with Gasteiger partial charge in [-0.1, -0.05) is 24.6 Å². The Bertz CT molecular complexity index is 1380. The van der Waals surface area contributed by atoms with Gasteiger partial charge in [0.15, 0.2) is 0 Å². The lowest BCUT2D eigenvalue weighted by atomic mass is 9.99. The van der Waals surface area contributed by atoms with E-state index >= 15 is 0 Å². The molecular formula is C29H36N4O5S.